The number of nitrogens with two attached hydrogens (primary N) is 1. The zero-order chi connectivity index (χ0) is 13.0. The molecular formula is C14H26N2O2. The molecule has 3 N–H and O–H groups in total. The molecule has 104 valence electrons. The third-order valence-corrected chi connectivity index (χ3v) is 4.53. The highest BCUT2D eigenvalue weighted by atomic mass is 16.5. The second kappa shape index (κ2) is 6.53. The van der Waals surface area contributed by atoms with Crippen LogP contribution in [0.4, 0.5) is 0 Å². The first kappa shape index (κ1) is 13.8. The Hall–Kier alpha value is -0.610. The van der Waals surface area contributed by atoms with Gasteiger partial charge in [-0.2, -0.15) is 0 Å². The highest BCUT2D eigenvalue weighted by molar-refractivity contribution is 5.78. The minimum Gasteiger partial charge on any atom is -0.380 e. The molecule has 0 aromatic carbocycles. The van der Waals surface area contributed by atoms with E-state index in [-0.39, 0.29) is 11.8 Å². The van der Waals surface area contributed by atoms with Gasteiger partial charge in [0.1, 0.15) is 0 Å². The summed E-state index contributed by atoms with van der Waals surface area (Å²) in [5.74, 6) is 1.53. The third kappa shape index (κ3) is 3.23. The molecule has 0 aromatic heterocycles. The number of rotatable bonds is 5. The van der Waals surface area contributed by atoms with Gasteiger partial charge in [-0.3, -0.25) is 4.79 Å². The standard InChI is InChI=1S/C14H26N2O2/c1-2-18-7-6-16-14(17)12-8-10-4-3-5-11(9-12)13(10)15/h10-13H,2-9,15H2,1H3,(H,16,17). The summed E-state index contributed by atoms with van der Waals surface area (Å²) < 4.78 is 5.23. The number of fused-ring (bicyclic) bond motifs is 2. The van der Waals surface area contributed by atoms with Gasteiger partial charge in [0.05, 0.1) is 6.61 Å². The Labute approximate surface area is 110 Å². The zero-order valence-electron chi connectivity index (χ0n) is 11.4. The molecule has 18 heavy (non-hydrogen) atoms. The fraction of sp³-hybridized carbons (Fsp3) is 0.929. The molecule has 0 heterocycles. The first-order valence-corrected chi connectivity index (χ1v) is 7.33. The number of carbonyl (C=O) groups is 1. The molecule has 0 aromatic rings. The van der Waals surface area contributed by atoms with Crippen molar-refractivity contribution in [2.75, 3.05) is 19.8 Å². The number of ether oxygens (including phenoxy) is 1. The zero-order valence-corrected chi connectivity index (χ0v) is 11.4. The molecule has 1 amide bonds. The van der Waals surface area contributed by atoms with Crippen molar-refractivity contribution in [3.63, 3.8) is 0 Å². The fourth-order valence-corrected chi connectivity index (χ4v) is 3.54. The normalized spacial score (nSPS) is 35.2. The predicted molar refractivity (Wildman–Crippen MR) is 71.0 cm³/mol. The lowest BCUT2D eigenvalue weighted by Crippen LogP contribution is -2.49. The third-order valence-electron chi connectivity index (χ3n) is 4.53. The lowest BCUT2D eigenvalue weighted by molar-refractivity contribution is -0.128. The van der Waals surface area contributed by atoms with Gasteiger partial charge in [-0.15, -0.1) is 0 Å². The van der Waals surface area contributed by atoms with Gasteiger partial charge >= 0.3 is 0 Å². The van der Waals surface area contributed by atoms with E-state index >= 15 is 0 Å². The van der Waals surface area contributed by atoms with E-state index in [1.54, 1.807) is 0 Å². The molecule has 2 rings (SSSR count). The number of carbonyl (C=O) groups excluding carboxylic acids is 1. The SMILES string of the molecule is CCOCCNC(=O)C1CC2CCCC(C1)C2N. The minimum absolute atomic E-state index is 0.182. The van der Waals surface area contributed by atoms with Crippen LogP contribution in [0, 0.1) is 17.8 Å². The van der Waals surface area contributed by atoms with E-state index in [0.29, 0.717) is 37.6 Å². The molecule has 2 bridgehead atoms. The van der Waals surface area contributed by atoms with E-state index < -0.39 is 0 Å². The maximum atomic E-state index is 12.1. The second-order valence-electron chi connectivity index (χ2n) is 5.68. The maximum Gasteiger partial charge on any atom is 0.223 e. The number of hydrogen-bond acceptors (Lipinski definition) is 3. The van der Waals surface area contributed by atoms with Gasteiger partial charge in [-0.25, -0.2) is 0 Å². The molecule has 0 radical (unpaired) electrons. The molecule has 0 spiro atoms. The summed E-state index contributed by atoms with van der Waals surface area (Å²) in [5.41, 5.74) is 6.23. The fourth-order valence-electron chi connectivity index (χ4n) is 3.54. The molecule has 4 heteroatoms. The van der Waals surface area contributed by atoms with Crippen LogP contribution in [0.3, 0.4) is 0 Å². The highest BCUT2D eigenvalue weighted by Gasteiger charge is 2.40. The van der Waals surface area contributed by atoms with Crippen molar-refractivity contribution < 1.29 is 9.53 Å². The molecule has 4 nitrogen and oxygen atoms in total. The summed E-state index contributed by atoms with van der Waals surface area (Å²) in [4.78, 5) is 12.1. The summed E-state index contributed by atoms with van der Waals surface area (Å²) in [6.45, 7) is 3.91. The van der Waals surface area contributed by atoms with E-state index in [1.807, 2.05) is 6.92 Å². The molecule has 2 fully saturated rings. The van der Waals surface area contributed by atoms with Crippen molar-refractivity contribution in [3.8, 4) is 0 Å². The number of hydrogen-bond donors (Lipinski definition) is 2. The Kier molecular flexibility index (Phi) is 5.01. The molecule has 0 aliphatic heterocycles. The van der Waals surface area contributed by atoms with E-state index in [0.717, 1.165) is 12.8 Å². The topological polar surface area (TPSA) is 64.3 Å². The monoisotopic (exact) mass is 254 g/mol. The van der Waals surface area contributed by atoms with Crippen molar-refractivity contribution in [1.29, 1.82) is 0 Å². The van der Waals surface area contributed by atoms with Gasteiger partial charge in [-0.1, -0.05) is 6.42 Å². The first-order valence-electron chi connectivity index (χ1n) is 7.33. The van der Waals surface area contributed by atoms with Gasteiger partial charge in [0.15, 0.2) is 0 Å². The lowest BCUT2D eigenvalue weighted by Gasteiger charge is -2.43. The van der Waals surface area contributed by atoms with Crippen LogP contribution in [-0.4, -0.2) is 31.7 Å². The van der Waals surface area contributed by atoms with Crippen LogP contribution < -0.4 is 11.1 Å². The van der Waals surface area contributed by atoms with E-state index in [9.17, 15) is 4.79 Å². The van der Waals surface area contributed by atoms with Crippen molar-refractivity contribution in [2.45, 2.75) is 45.1 Å². The Bertz CT molecular complexity index is 269. The molecule has 2 saturated carbocycles. The number of nitrogens with one attached hydrogen (secondary N) is 1. The largest absolute Gasteiger partial charge is 0.380 e. The summed E-state index contributed by atoms with van der Waals surface area (Å²) in [7, 11) is 0. The van der Waals surface area contributed by atoms with Crippen LogP contribution in [0.15, 0.2) is 0 Å². The van der Waals surface area contributed by atoms with Gasteiger partial charge < -0.3 is 15.8 Å². The van der Waals surface area contributed by atoms with Gasteiger partial charge in [0.2, 0.25) is 5.91 Å². The minimum atomic E-state index is 0.182. The van der Waals surface area contributed by atoms with Crippen LogP contribution in [0.1, 0.15) is 39.0 Å². The number of amides is 1. The quantitative estimate of drug-likeness (QED) is 0.727. The van der Waals surface area contributed by atoms with Gasteiger partial charge in [0.25, 0.3) is 0 Å². The van der Waals surface area contributed by atoms with Gasteiger partial charge in [-0.05, 0) is 44.4 Å². The Morgan fingerprint density at radius 1 is 1.33 bits per heavy atom. The van der Waals surface area contributed by atoms with Crippen molar-refractivity contribution >= 4 is 5.91 Å². The molecule has 0 saturated heterocycles. The van der Waals surface area contributed by atoms with Gasteiger partial charge in [0, 0.05) is 25.1 Å². The van der Waals surface area contributed by atoms with Crippen LogP contribution in [0.5, 0.6) is 0 Å². The summed E-state index contributed by atoms with van der Waals surface area (Å²) >= 11 is 0. The lowest BCUT2D eigenvalue weighted by atomic mass is 9.65. The van der Waals surface area contributed by atoms with E-state index in [4.69, 9.17) is 10.5 Å². The van der Waals surface area contributed by atoms with Crippen LogP contribution in [0.2, 0.25) is 0 Å². The second-order valence-corrected chi connectivity index (χ2v) is 5.68. The maximum absolute atomic E-state index is 12.1. The van der Waals surface area contributed by atoms with Crippen molar-refractivity contribution in [1.82, 2.24) is 5.32 Å². The molecule has 2 atom stereocenters. The first-order chi connectivity index (χ1) is 8.72. The Balaban J connectivity index is 1.77. The summed E-state index contributed by atoms with van der Waals surface area (Å²) in [5, 5.41) is 2.99. The molecule has 2 unspecified atom stereocenters. The average Bonchev–Trinajstić information content (AvgIpc) is 2.34. The van der Waals surface area contributed by atoms with Crippen LogP contribution >= 0.6 is 0 Å². The van der Waals surface area contributed by atoms with Crippen LogP contribution in [-0.2, 0) is 9.53 Å². The van der Waals surface area contributed by atoms with E-state index in [1.165, 1.54) is 19.3 Å². The average molecular weight is 254 g/mol. The molecular weight excluding hydrogens is 228 g/mol. The smallest absolute Gasteiger partial charge is 0.223 e. The Morgan fingerprint density at radius 3 is 2.61 bits per heavy atom. The Morgan fingerprint density at radius 2 is 2.00 bits per heavy atom. The molecule has 2 aliphatic carbocycles. The molecule has 2 aliphatic rings. The van der Waals surface area contributed by atoms with Crippen molar-refractivity contribution in [2.24, 2.45) is 23.5 Å². The van der Waals surface area contributed by atoms with Crippen LogP contribution in [0.25, 0.3) is 0 Å². The summed E-state index contributed by atoms with van der Waals surface area (Å²) in [6.07, 6.45) is 5.68. The highest BCUT2D eigenvalue weighted by Crippen LogP contribution is 2.41. The van der Waals surface area contributed by atoms with Crippen molar-refractivity contribution in [3.05, 3.63) is 0 Å². The van der Waals surface area contributed by atoms with E-state index in [2.05, 4.69) is 5.32 Å². The predicted octanol–water partition coefficient (Wildman–Crippen LogP) is 1.29. The summed E-state index contributed by atoms with van der Waals surface area (Å²) in [6, 6.07) is 0.339.